The van der Waals surface area contributed by atoms with Gasteiger partial charge >= 0.3 is 0 Å². The molecule has 1 aromatic carbocycles. The van der Waals surface area contributed by atoms with Gasteiger partial charge in [-0.25, -0.2) is 0 Å². The zero-order valence-corrected chi connectivity index (χ0v) is 16.1. The number of ether oxygens (including phenoxy) is 1. The topological polar surface area (TPSA) is 130 Å². The summed E-state index contributed by atoms with van der Waals surface area (Å²) in [5.74, 6) is -2.40. The minimum atomic E-state index is -1.08. The number of hydrogen-bond donors (Lipinski definition) is 0. The van der Waals surface area contributed by atoms with Gasteiger partial charge in [0.1, 0.15) is 5.75 Å². The number of rotatable bonds is 1. The first kappa shape index (κ1) is 27.7. The number of benzene rings is 1. The van der Waals surface area contributed by atoms with Gasteiger partial charge in [-0.2, -0.15) is 0 Å². The Hall–Kier alpha value is -1.65. The molecule has 1 aromatic rings. The van der Waals surface area contributed by atoms with Gasteiger partial charge in [-0.3, -0.25) is 0 Å². The minimum Gasteiger partial charge on any atom is -0.550 e. The molecule has 0 spiro atoms. The molecule has 0 heterocycles. The van der Waals surface area contributed by atoms with Gasteiger partial charge in [0.2, 0.25) is 0 Å². The second-order valence-electron chi connectivity index (χ2n) is 2.92. The molecular weight excluding hydrogens is 475 g/mol. The molecular formula is C13H16O7Pb-3. The molecule has 0 unspecified atom stereocenters. The van der Waals surface area contributed by atoms with Crippen LogP contribution in [0.5, 0.6) is 5.75 Å². The van der Waals surface area contributed by atoms with Crippen LogP contribution in [-0.4, -0.2) is 52.3 Å². The number of carbonyl (C=O) groups excluding carboxylic acids is 3. The van der Waals surface area contributed by atoms with Gasteiger partial charge in [0, 0.05) is 45.2 Å². The third-order valence-electron chi connectivity index (χ3n) is 0.914. The van der Waals surface area contributed by atoms with Gasteiger partial charge in [-0.1, -0.05) is 12.1 Å². The Kier molecular flexibility index (Phi) is 27.2. The minimum absolute atomic E-state index is 0. The van der Waals surface area contributed by atoms with Crippen molar-refractivity contribution in [2.45, 2.75) is 20.8 Å². The molecule has 117 valence electrons. The normalized spacial score (nSPS) is 6.86. The molecule has 0 aliphatic carbocycles. The monoisotopic (exact) mass is 492 g/mol. The molecule has 0 amide bonds. The van der Waals surface area contributed by atoms with E-state index in [1.54, 1.807) is 13.2 Å². The molecule has 0 aliphatic heterocycles. The van der Waals surface area contributed by atoms with E-state index in [9.17, 15) is 0 Å². The van der Waals surface area contributed by atoms with Crippen molar-refractivity contribution in [3.05, 3.63) is 30.3 Å². The molecule has 0 saturated carbocycles. The average molecular weight is 491 g/mol. The van der Waals surface area contributed by atoms with Crippen LogP contribution in [0.1, 0.15) is 20.8 Å². The van der Waals surface area contributed by atoms with E-state index in [2.05, 4.69) is 6.07 Å². The van der Waals surface area contributed by atoms with Crippen molar-refractivity contribution in [3.8, 4) is 5.75 Å². The predicted octanol–water partition coefficient (Wildman–Crippen LogP) is -2.62. The Morgan fingerprint density at radius 1 is 1.00 bits per heavy atom. The second-order valence-corrected chi connectivity index (χ2v) is 2.92. The van der Waals surface area contributed by atoms with Crippen LogP contribution in [0.15, 0.2) is 24.3 Å². The Morgan fingerprint density at radius 3 is 1.48 bits per heavy atom. The van der Waals surface area contributed by atoms with Crippen LogP contribution in [0.4, 0.5) is 0 Å². The smallest absolute Gasteiger partial charge is 0.119 e. The van der Waals surface area contributed by atoms with Crippen LogP contribution in [0, 0.1) is 6.07 Å². The first-order chi connectivity index (χ1) is 9.13. The van der Waals surface area contributed by atoms with Gasteiger partial charge in [0.05, 0.1) is 7.11 Å². The van der Waals surface area contributed by atoms with Crippen LogP contribution >= 0.6 is 0 Å². The SMILES string of the molecule is CC(=O)[O-].CC(=O)[O-].CC(=O)[O-].COc1c[c]ccc1.[Pb]. The molecule has 0 saturated heterocycles. The maximum Gasteiger partial charge on any atom is 0.119 e. The molecule has 0 aliphatic rings. The number of carboxylic acids is 3. The largest absolute Gasteiger partial charge is 0.550 e. The standard InChI is InChI=1S/C7H7O.3C2H4O2.Pb/c1-8-7-5-3-2-4-6-7;3*1-2(3)4;/h2-3,5-6H,1H3;3*1H3,(H,3,4);/p-3. The quantitative estimate of drug-likeness (QED) is 0.394. The summed E-state index contributed by atoms with van der Waals surface area (Å²) in [4.78, 5) is 26.7. The summed E-state index contributed by atoms with van der Waals surface area (Å²) in [6.45, 7) is 2.92. The van der Waals surface area contributed by atoms with Gasteiger partial charge in [-0.15, -0.1) is 0 Å². The van der Waals surface area contributed by atoms with Crippen LogP contribution < -0.4 is 20.1 Å². The molecule has 21 heavy (non-hydrogen) atoms. The van der Waals surface area contributed by atoms with E-state index in [0.29, 0.717) is 0 Å². The number of hydrogen-bond acceptors (Lipinski definition) is 7. The first-order valence-electron chi connectivity index (χ1n) is 5.16. The fourth-order valence-electron chi connectivity index (χ4n) is 0.504. The van der Waals surface area contributed by atoms with E-state index in [-0.39, 0.29) is 27.3 Å². The summed E-state index contributed by atoms with van der Waals surface area (Å²) in [6, 6.07) is 10.3. The average Bonchev–Trinajstić information content (AvgIpc) is 2.28. The summed E-state index contributed by atoms with van der Waals surface area (Å²) >= 11 is 0. The van der Waals surface area contributed by atoms with Gasteiger partial charge in [0.25, 0.3) is 0 Å². The van der Waals surface area contributed by atoms with E-state index >= 15 is 0 Å². The van der Waals surface area contributed by atoms with Crippen LogP contribution in [0.25, 0.3) is 0 Å². The van der Waals surface area contributed by atoms with Crippen LogP contribution in [0.3, 0.4) is 0 Å². The second kappa shape index (κ2) is 20.7. The van der Waals surface area contributed by atoms with Gasteiger partial charge in [0.15, 0.2) is 0 Å². The van der Waals surface area contributed by atoms with E-state index in [1.165, 1.54) is 0 Å². The zero-order valence-electron chi connectivity index (χ0n) is 12.2. The van der Waals surface area contributed by atoms with Crippen molar-refractivity contribution in [2.75, 3.05) is 7.11 Å². The van der Waals surface area contributed by atoms with E-state index in [4.69, 9.17) is 34.4 Å². The molecule has 1 rings (SSSR count). The number of aliphatic carboxylic acids is 3. The summed E-state index contributed by atoms with van der Waals surface area (Å²) in [7, 11) is 1.64. The number of carbonyl (C=O) groups is 3. The molecule has 8 heteroatoms. The third kappa shape index (κ3) is 70.3. The van der Waals surface area contributed by atoms with Gasteiger partial charge < -0.3 is 34.4 Å². The van der Waals surface area contributed by atoms with Crippen molar-refractivity contribution >= 4 is 45.2 Å². The van der Waals surface area contributed by atoms with Crippen molar-refractivity contribution < 1.29 is 34.4 Å². The maximum absolute atomic E-state index is 8.89. The van der Waals surface area contributed by atoms with Crippen molar-refractivity contribution in [1.82, 2.24) is 0 Å². The van der Waals surface area contributed by atoms with E-state index in [1.807, 2.05) is 18.2 Å². The van der Waals surface area contributed by atoms with Crippen LogP contribution in [-0.2, 0) is 14.4 Å². The summed E-state index contributed by atoms with van der Waals surface area (Å²) in [5.41, 5.74) is 0. The Balaban J connectivity index is -0.0000000973. The van der Waals surface area contributed by atoms with E-state index in [0.717, 1.165) is 26.5 Å². The molecule has 0 bridgehead atoms. The zero-order chi connectivity index (χ0) is 16.6. The predicted molar refractivity (Wildman–Crippen MR) is 69.6 cm³/mol. The number of methoxy groups -OCH3 is 1. The maximum atomic E-state index is 8.89. The fourth-order valence-corrected chi connectivity index (χ4v) is 0.504. The first-order valence-corrected chi connectivity index (χ1v) is 5.16. The molecule has 0 N–H and O–H groups in total. The number of carboxylic acid groups (broad SMARTS) is 3. The molecule has 0 atom stereocenters. The van der Waals surface area contributed by atoms with Crippen molar-refractivity contribution in [3.63, 3.8) is 0 Å². The van der Waals surface area contributed by atoms with Crippen molar-refractivity contribution in [1.29, 1.82) is 0 Å². The molecule has 5 radical (unpaired) electrons. The Labute approximate surface area is 143 Å². The molecule has 0 aromatic heterocycles. The Morgan fingerprint density at radius 2 is 1.33 bits per heavy atom. The molecule has 0 fully saturated rings. The molecule has 7 nitrogen and oxygen atoms in total. The summed E-state index contributed by atoms with van der Waals surface area (Å²) in [6.07, 6.45) is 0. The summed E-state index contributed by atoms with van der Waals surface area (Å²) < 4.78 is 4.88. The third-order valence-corrected chi connectivity index (χ3v) is 0.914. The van der Waals surface area contributed by atoms with Gasteiger partial charge in [-0.05, 0) is 39.0 Å². The fraction of sp³-hybridized carbons (Fsp3) is 0.308. The van der Waals surface area contributed by atoms with E-state index < -0.39 is 17.9 Å². The summed E-state index contributed by atoms with van der Waals surface area (Å²) in [5, 5.41) is 26.7. The Bertz CT molecular complexity index is 339. The van der Waals surface area contributed by atoms with Crippen LogP contribution in [0.2, 0.25) is 0 Å². The van der Waals surface area contributed by atoms with Crippen molar-refractivity contribution in [2.24, 2.45) is 0 Å².